The number of benzene rings is 2. The zero-order valence-electron chi connectivity index (χ0n) is 18.6. The number of halogens is 1. The highest BCUT2D eigenvalue weighted by Crippen LogP contribution is 2.34. The van der Waals surface area contributed by atoms with Gasteiger partial charge in [-0.05, 0) is 67.3 Å². The Morgan fingerprint density at radius 1 is 1.03 bits per heavy atom. The molecular weight excluding hydrogens is 419 g/mol. The largest absolute Gasteiger partial charge is 0.490 e. The fourth-order valence-electron chi connectivity index (χ4n) is 4.54. The van der Waals surface area contributed by atoms with Gasteiger partial charge >= 0.3 is 0 Å². The first-order valence-corrected chi connectivity index (χ1v) is 11.3. The van der Waals surface area contributed by atoms with Crippen LogP contribution in [-0.4, -0.2) is 48.6 Å². The number of pyridine rings is 1. The highest BCUT2D eigenvalue weighted by Gasteiger charge is 2.20. The lowest BCUT2D eigenvalue weighted by atomic mass is 9.94. The van der Waals surface area contributed by atoms with Gasteiger partial charge in [0, 0.05) is 36.3 Å². The van der Waals surface area contributed by atoms with E-state index in [0.29, 0.717) is 28.8 Å². The van der Waals surface area contributed by atoms with E-state index < -0.39 is 5.95 Å². The number of rotatable bonds is 4. The van der Waals surface area contributed by atoms with Gasteiger partial charge in [-0.2, -0.15) is 4.39 Å². The summed E-state index contributed by atoms with van der Waals surface area (Å²) < 4.78 is 20.9. The number of piperidine rings is 1. The predicted octanol–water partition coefficient (Wildman–Crippen LogP) is 3.90. The van der Waals surface area contributed by atoms with E-state index in [0.717, 1.165) is 49.2 Å². The quantitative estimate of drug-likeness (QED) is 0.595. The number of carbonyl (C=O) groups excluding carboxylic acids is 1. The van der Waals surface area contributed by atoms with Gasteiger partial charge in [0.25, 0.3) is 5.91 Å². The first kappa shape index (κ1) is 21.4. The number of carbonyl (C=O) groups is 1. The molecule has 0 atom stereocenters. The fraction of sp³-hybridized carbons (Fsp3) is 0.308. The molecule has 0 radical (unpaired) electrons. The molecule has 1 saturated heterocycles. The molecule has 2 aliphatic rings. The molecule has 2 aliphatic heterocycles. The van der Waals surface area contributed by atoms with Crippen LogP contribution in [0.4, 0.5) is 10.2 Å². The molecule has 0 spiro atoms. The summed E-state index contributed by atoms with van der Waals surface area (Å²) in [6.07, 6.45) is 2.95. The molecule has 1 fully saturated rings. The number of hydrogen-bond donors (Lipinski definition) is 2. The smallest absolute Gasteiger partial charge is 0.251 e. The van der Waals surface area contributed by atoms with Crippen molar-refractivity contribution in [1.29, 1.82) is 0 Å². The van der Waals surface area contributed by atoms with Crippen LogP contribution in [0.25, 0.3) is 22.3 Å². The van der Waals surface area contributed by atoms with Crippen LogP contribution in [0, 0.1) is 5.95 Å². The molecule has 2 aromatic carbocycles. The number of amides is 1. The maximum Gasteiger partial charge on any atom is 0.251 e. The minimum Gasteiger partial charge on any atom is -0.490 e. The number of aromatic nitrogens is 1. The van der Waals surface area contributed by atoms with Gasteiger partial charge < -0.3 is 20.7 Å². The van der Waals surface area contributed by atoms with E-state index in [1.807, 2.05) is 36.4 Å². The van der Waals surface area contributed by atoms with E-state index in [2.05, 4.69) is 22.2 Å². The molecule has 3 aromatic rings. The van der Waals surface area contributed by atoms with Crippen molar-refractivity contribution in [2.45, 2.75) is 25.4 Å². The maximum absolute atomic E-state index is 14.8. The minimum atomic E-state index is -0.613. The summed E-state index contributed by atoms with van der Waals surface area (Å²) in [6, 6.07) is 14.7. The van der Waals surface area contributed by atoms with Crippen molar-refractivity contribution < 1.29 is 13.9 Å². The zero-order chi connectivity index (χ0) is 22.9. The Labute approximate surface area is 192 Å². The predicted molar refractivity (Wildman–Crippen MR) is 127 cm³/mol. The van der Waals surface area contributed by atoms with Crippen LogP contribution in [0.5, 0.6) is 5.75 Å². The summed E-state index contributed by atoms with van der Waals surface area (Å²) in [4.78, 5) is 18.3. The van der Waals surface area contributed by atoms with Crippen molar-refractivity contribution in [2.24, 2.45) is 0 Å². The van der Waals surface area contributed by atoms with Crippen molar-refractivity contribution in [2.75, 3.05) is 32.4 Å². The van der Waals surface area contributed by atoms with Gasteiger partial charge in [0.15, 0.2) is 0 Å². The lowest BCUT2D eigenvalue weighted by molar-refractivity contribution is 0.0946. The third kappa shape index (κ3) is 4.41. The SMILES string of the molecule is CN1CCC(Oc2ccc(-c3cc(-c4ccc5c(c4)CCNC5=O)c(N)nc3F)cc2)CC1. The Kier molecular flexibility index (Phi) is 5.72. The van der Waals surface area contributed by atoms with E-state index in [9.17, 15) is 9.18 Å². The molecule has 0 bridgehead atoms. The molecule has 33 heavy (non-hydrogen) atoms. The number of anilines is 1. The highest BCUT2D eigenvalue weighted by atomic mass is 19.1. The number of nitrogens with one attached hydrogen (secondary N) is 1. The summed E-state index contributed by atoms with van der Waals surface area (Å²) in [7, 11) is 2.12. The average Bonchev–Trinajstić information content (AvgIpc) is 2.81. The number of hydrogen-bond acceptors (Lipinski definition) is 5. The van der Waals surface area contributed by atoms with Gasteiger partial charge in [0.1, 0.15) is 17.7 Å². The van der Waals surface area contributed by atoms with Gasteiger partial charge in [-0.3, -0.25) is 4.79 Å². The molecule has 7 heteroatoms. The molecule has 0 unspecified atom stereocenters. The number of ether oxygens (including phenoxy) is 1. The van der Waals surface area contributed by atoms with Crippen molar-refractivity contribution >= 4 is 11.7 Å². The highest BCUT2D eigenvalue weighted by molar-refractivity contribution is 5.97. The Morgan fingerprint density at radius 2 is 1.76 bits per heavy atom. The summed E-state index contributed by atoms with van der Waals surface area (Å²) in [5.74, 6) is 0.220. The minimum absolute atomic E-state index is 0.0729. The van der Waals surface area contributed by atoms with Crippen LogP contribution >= 0.6 is 0 Å². The number of likely N-dealkylation sites (tertiary alicyclic amines) is 1. The van der Waals surface area contributed by atoms with Crippen molar-refractivity contribution in [3.8, 4) is 28.0 Å². The number of nitrogens with zero attached hydrogens (tertiary/aromatic N) is 2. The second-order valence-electron chi connectivity index (χ2n) is 8.78. The number of nitrogen functional groups attached to an aromatic ring is 1. The Hall–Kier alpha value is -3.45. The molecule has 0 aliphatic carbocycles. The second-order valence-corrected chi connectivity index (χ2v) is 8.78. The molecule has 1 amide bonds. The second kappa shape index (κ2) is 8.83. The van der Waals surface area contributed by atoms with E-state index in [4.69, 9.17) is 10.5 Å². The van der Waals surface area contributed by atoms with Crippen LogP contribution in [0.3, 0.4) is 0 Å². The molecule has 6 nitrogen and oxygen atoms in total. The topological polar surface area (TPSA) is 80.5 Å². The van der Waals surface area contributed by atoms with Crippen LogP contribution in [0.1, 0.15) is 28.8 Å². The molecular formula is C26H27FN4O2. The average molecular weight is 447 g/mol. The van der Waals surface area contributed by atoms with Gasteiger partial charge in [0.05, 0.1) is 0 Å². The van der Waals surface area contributed by atoms with Gasteiger partial charge in [-0.15, -0.1) is 0 Å². The van der Waals surface area contributed by atoms with E-state index >= 15 is 0 Å². The van der Waals surface area contributed by atoms with Crippen LogP contribution in [0.2, 0.25) is 0 Å². The van der Waals surface area contributed by atoms with Gasteiger partial charge in [0.2, 0.25) is 5.95 Å². The molecule has 0 saturated carbocycles. The normalized spacial score (nSPS) is 16.8. The fourth-order valence-corrected chi connectivity index (χ4v) is 4.54. The standard InChI is InChI=1S/C26H27FN4O2/c1-31-12-9-20(10-13-31)33-19-5-2-16(3-6-19)22-15-23(25(28)30-24(22)27)17-4-7-21-18(14-17)8-11-29-26(21)32/h2-7,14-15,20H,8-13H2,1H3,(H2,28,30)(H,29,32). The molecule has 5 rings (SSSR count). The summed E-state index contributed by atoms with van der Waals surface area (Å²) in [5, 5.41) is 2.84. The third-order valence-electron chi connectivity index (χ3n) is 6.48. The number of nitrogens with two attached hydrogens (primary N) is 1. The monoisotopic (exact) mass is 446 g/mol. The van der Waals surface area contributed by atoms with Crippen molar-refractivity contribution in [3.05, 3.63) is 65.6 Å². The Bertz CT molecular complexity index is 1190. The van der Waals surface area contributed by atoms with Gasteiger partial charge in [-0.1, -0.05) is 24.3 Å². The molecule has 3 N–H and O–H groups in total. The van der Waals surface area contributed by atoms with Gasteiger partial charge in [-0.25, -0.2) is 4.98 Å². The lowest BCUT2D eigenvalue weighted by Crippen LogP contribution is -2.35. The van der Waals surface area contributed by atoms with E-state index in [-0.39, 0.29) is 17.8 Å². The van der Waals surface area contributed by atoms with E-state index in [1.165, 1.54) is 0 Å². The van der Waals surface area contributed by atoms with Crippen molar-refractivity contribution in [3.63, 3.8) is 0 Å². The van der Waals surface area contributed by atoms with Crippen molar-refractivity contribution in [1.82, 2.24) is 15.2 Å². The number of fused-ring (bicyclic) bond motifs is 1. The summed E-state index contributed by atoms with van der Waals surface area (Å²) in [5.41, 5.74) is 10.2. The summed E-state index contributed by atoms with van der Waals surface area (Å²) >= 11 is 0. The van der Waals surface area contributed by atoms with E-state index in [1.54, 1.807) is 12.1 Å². The van der Waals surface area contributed by atoms with Crippen LogP contribution in [0.15, 0.2) is 48.5 Å². The summed E-state index contributed by atoms with van der Waals surface area (Å²) in [6.45, 7) is 2.66. The lowest BCUT2D eigenvalue weighted by Gasteiger charge is -2.29. The first-order valence-electron chi connectivity index (χ1n) is 11.3. The third-order valence-corrected chi connectivity index (χ3v) is 6.48. The van der Waals surface area contributed by atoms with Crippen LogP contribution < -0.4 is 15.8 Å². The zero-order valence-corrected chi connectivity index (χ0v) is 18.6. The molecule has 1 aromatic heterocycles. The molecule has 3 heterocycles. The van der Waals surface area contributed by atoms with Crippen LogP contribution in [-0.2, 0) is 6.42 Å². The Morgan fingerprint density at radius 3 is 2.52 bits per heavy atom. The Balaban J connectivity index is 1.41. The maximum atomic E-state index is 14.8. The molecule has 170 valence electrons. The first-order chi connectivity index (χ1) is 16.0.